The predicted molar refractivity (Wildman–Crippen MR) is 118 cm³/mol. The van der Waals surface area contributed by atoms with Crippen LogP contribution >= 0.6 is 24.0 Å². The van der Waals surface area contributed by atoms with E-state index in [4.69, 9.17) is 0 Å². The first kappa shape index (κ1) is 22.6. The van der Waals surface area contributed by atoms with Gasteiger partial charge < -0.3 is 10.2 Å². The largest absolute Gasteiger partial charge is 0.354 e. The van der Waals surface area contributed by atoms with Crippen LogP contribution in [-0.2, 0) is 9.84 Å². The van der Waals surface area contributed by atoms with Crippen LogP contribution in [0.1, 0.15) is 34.6 Å². The number of carbonyl (C=O) groups is 2. The maximum absolute atomic E-state index is 12.4. The first-order valence-electron chi connectivity index (χ1n) is 8.81. The van der Waals surface area contributed by atoms with Gasteiger partial charge in [-0.1, -0.05) is 12.1 Å². The predicted octanol–water partition coefficient (Wildman–Crippen LogP) is 0.985. The van der Waals surface area contributed by atoms with Crippen LogP contribution in [-0.4, -0.2) is 79.7 Å². The third-order valence-corrected chi connectivity index (χ3v) is 7.58. The van der Waals surface area contributed by atoms with Gasteiger partial charge in [-0.15, -0.1) is 24.0 Å². The standard InChI is InChI=1S/C18H24N4O4S.HI/c1-18(2)12-21(10-11-27(18,25)26)17(19-3)20-8-9-22-15(23)13-6-4-5-7-14(13)16(22)24;/h4-7H,8-12H2,1-3H3,(H,19,20);1H. The summed E-state index contributed by atoms with van der Waals surface area (Å²) >= 11 is 0. The molecule has 1 fully saturated rings. The summed E-state index contributed by atoms with van der Waals surface area (Å²) in [4.78, 5) is 32.1. The Morgan fingerprint density at radius 1 is 1.18 bits per heavy atom. The molecule has 2 aliphatic rings. The van der Waals surface area contributed by atoms with Gasteiger partial charge in [-0.25, -0.2) is 8.42 Å². The number of rotatable bonds is 3. The number of amides is 2. The van der Waals surface area contributed by atoms with E-state index in [9.17, 15) is 18.0 Å². The number of nitrogens with zero attached hydrogens (tertiary/aromatic N) is 3. The van der Waals surface area contributed by atoms with Crippen LogP contribution in [0.2, 0.25) is 0 Å². The van der Waals surface area contributed by atoms with E-state index in [2.05, 4.69) is 10.3 Å². The summed E-state index contributed by atoms with van der Waals surface area (Å²) in [6.45, 7) is 4.66. The molecule has 10 heteroatoms. The third kappa shape index (κ3) is 4.02. The van der Waals surface area contributed by atoms with Crippen LogP contribution < -0.4 is 5.32 Å². The molecule has 0 aromatic heterocycles. The van der Waals surface area contributed by atoms with Crippen molar-refractivity contribution in [3.8, 4) is 0 Å². The molecule has 0 aliphatic carbocycles. The van der Waals surface area contributed by atoms with Gasteiger partial charge in [0.15, 0.2) is 15.8 Å². The normalized spacial score (nSPS) is 20.6. The minimum absolute atomic E-state index is 0. The zero-order chi connectivity index (χ0) is 19.8. The lowest BCUT2D eigenvalue weighted by molar-refractivity contribution is 0.0657. The number of guanidine groups is 1. The van der Waals surface area contributed by atoms with E-state index in [0.717, 1.165) is 0 Å². The van der Waals surface area contributed by atoms with Gasteiger partial charge >= 0.3 is 0 Å². The van der Waals surface area contributed by atoms with E-state index in [1.54, 1.807) is 45.2 Å². The fourth-order valence-corrected chi connectivity index (χ4v) is 4.74. The lowest BCUT2D eigenvalue weighted by Gasteiger charge is -2.39. The first-order valence-corrected chi connectivity index (χ1v) is 10.5. The van der Waals surface area contributed by atoms with Crippen molar-refractivity contribution in [1.29, 1.82) is 0 Å². The lowest BCUT2D eigenvalue weighted by atomic mass is 10.1. The number of hydrogen-bond acceptors (Lipinski definition) is 5. The van der Waals surface area contributed by atoms with E-state index < -0.39 is 14.6 Å². The number of imide groups is 1. The summed E-state index contributed by atoms with van der Waals surface area (Å²) in [5.41, 5.74) is 0.852. The van der Waals surface area contributed by atoms with Crippen LogP contribution in [0.5, 0.6) is 0 Å². The maximum Gasteiger partial charge on any atom is 0.261 e. The topological polar surface area (TPSA) is 99.2 Å². The maximum atomic E-state index is 12.4. The molecule has 3 rings (SSSR count). The molecule has 1 saturated heterocycles. The summed E-state index contributed by atoms with van der Waals surface area (Å²) in [6.07, 6.45) is 0. The number of sulfone groups is 1. The van der Waals surface area contributed by atoms with Crippen molar-refractivity contribution in [3.63, 3.8) is 0 Å². The molecule has 0 unspecified atom stereocenters. The molecule has 28 heavy (non-hydrogen) atoms. The Bertz CT molecular complexity index is 879. The lowest BCUT2D eigenvalue weighted by Crippen LogP contribution is -2.57. The van der Waals surface area contributed by atoms with E-state index in [1.165, 1.54) is 4.90 Å². The van der Waals surface area contributed by atoms with Crippen molar-refractivity contribution >= 4 is 51.6 Å². The van der Waals surface area contributed by atoms with Gasteiger partial charge in [-0.2, -0.15) is 0 Å². The molecular weight excluding hydrogens is 495 g/mol. The van der Waals surface area contributed by atoms with Crippen molar-refractivity contribution in [2.24, 2.45) is 4.99 Å². The number of fused-ring (bicyclic) bond motifs is 1. The Morgan fingerprint density at radius 3 is 2.25 bits per heavy atom. The van der Waals surface area contributed by atoms with Crippen molar-refractivity contribution in [3.05, 3.63) is 35.4 Å². The van der Waals surface area contributed by atoms with E-state index in [-0.39, 0.29) is 48.1 Å². The summed E-state index contributed by atoms with van der Waals surface area (Å²) in [7, 11) is -1.51. The zero-order valence-corrected chi connectivity index (χ0v) is 19.3. The summed E-state index contributed by atoms with van der Waals surface area (Å²) in [5.74, 6) is 0.0452. The number of nitrogens with one attached hydrogen (secondary N) is 1. The second kappa shape index (κ2) is 8.36. The van der Waals surface area contributed by atoms with Gasteiger partial charge in [0.25, 0.3) is 11.8 Å². The van der Waals surface area contributed by atoms with Gasteiger partial charge in [0.2, 0.25) is 0 Å². The third-order valence-electron chi connectivity index (χ3n) is 5.05. The average Bonchev–Trinajstić information content (AvgIpc) is 2.86. The summed E-state index contributed by atoms with van der Waals surface area (Å²) in [5, 5.41) is 3.13. The number of aliphatic imine (C=N–C) groups is 1. The molecule has 0 atom stereocenters. The molecule has 2 aliphatic heterocycles. The Kier molecular flexibility index (Phi) is 6.74. The van der Waals surface area contributed by atoms with Gasteiger partial charge in [0.1, 0.15) is 0 Å². The Labute approximate surface area is 182 Å². The van der Waals surface area contributed by atoms with Gasteiger partial charge in [0.05, 0.1) is 21.6 Å². The highest BCUT2D eigenvalue weighted by Gasteiger charge is 2.41. The molecule has 8 nitrogen and oxygen atoms in total. The number of carbonyl (C=O) groups excluding carboxylic acids is 2. The Balaban J connectivity index is 0.00000280. The van der Waals surface area contributed by atoms with Crippen LogP contribution in [0.15, 0.2) is 29.3 Å². The van der Waals surface area contributed by atoms with Crippen LogP contribution in [0.3, 0.4) is 0 Å². The first-order chi connectivity index (χ1) is 12.7. The Morgan fingerprint density at radius 2 is 1.75 bits per heavy atom. The fraction of sp³-hybridized carbons (Fsp3) is 0.500. The quantitative estimate of drug-likeness (QED) is 0.276. The van der Waals surface area contributed by atoms with E-state index >= 15 is 0 Å². The highest BCUT2D eigenvalue weighted by atomic mass is 127. The second-order valence-electron chi connectivity index (χ2n) is 7.28. The minimum Gasteiger partial charge on any atom is -0.354 e. The molecule has 1 N–H and O–H groups in total. The highest BCUT2D eigenvalue weighted by Crippen LogP contribution is 2.24. The number of benzene rings is 1. The molecule has 0 spiro atoms. The van der Waals surface area contributed by atoms with Crippen molar-refractivity contribution < 1.29 is 18.0 Å². The Hall–Kier alpha value is -1.69. The zero-order valence-electron chi connectivity index (χ0n) is 16.1. The fourth-order valence-electron chi connectivity index (χ4n) is 3.38. The molecule has 2 amide bonds. The van der Waals surface area contributed by atoms with Gasteiger partial charge in [-0.05, 0) is 26.0 Å². The highest BCUT2D eigenvalue weighted by molar-refractivity contribution is 14.0. The molecular formula is C18H25IN4O4S. The SMILES string of the molecule is CN=C(NCCN1C(=O)c2ccccc2C1=O)N1CCS(=O)(=O)C(C)(C)C1.I. The molecule has 0 bridgehead atoms. The van der Waals surface area contributed by atoms with Crippen molar-refractivity contribution in [2.75, 3.05) is 39.0 Å². The summed E-state index contributed by atoms with van der Waals surface area (Å²) in [6, 6.07) is 6.77. The molecule has 154 valence electrons. The van der Waals surface area contributed by atoms with Gasteiger partial charge in [-0.3, -0.25) is 19.5 Å². The van der Waals surface area contributed by atoms with Crippen LogP contribution in [0.4, 0.5) is 0 Å². The number of hydrogen-bond donors (Lipinski definition) is 1. The molecule has 0 saturated carbocycles. The minimum atomic E-state index is -3.14. The second-order valence-corrected chi connectivity index (χ2v) is 10.0. The molecule has 1 aromatic carbocycles. The average molecular weight is 520 g/mol. The van der Waals surface area contributed by atoms with Crippen LogP contribution in [0, 0.1) is 0 Å². The molecule has 0 radical (unpaired) electrons. The molecule has 1 aromatic rings. The summed E-state index contributed by atoms with van der Waals surface area (Å²) < 4.78 is 23.5. The molecule has 2 heterocycles. The van der Waals surface area contributed by atoms with Crippen molar-refractivity contribution in [1.82, 2.24) is 15.1 Å². The van der Waals surface area contributed by atoms with Crippen LogP contribution in [0.25, 0.3) is 0 Å². The monoisotopic (exact) mass is 520 g/mol. The van der Waals surface area contributed by atoms with E-state index in [1.807, 2.05) is 4.90 Å². The van der Waals surface area contributed by atoms with Crippen molar-refractivity contribution in [2.45, 2.75) is 18.6 Å². The number of halogens is 1. The smallest absolute Gasteiger partial charge is 0.261 e. The van der Waals surface area contributed by atoms with Gasteiger partial charge in [0, 0.05) is 33.2 Å². The van der Waals surface area contributed by atoms with E-state index in [0.29, 0.717) is 36.7 Å².